The highest BCUT2D eigenvalue weighted by molar-refractivity contribution is 5.76. The fraction of sp³-hybridized carbons (Fsp3) is 0.533. The molecule has 3 N–H and O–H groups in total. The van der Waals surface area contributed by atoms with Crippen molar-refractivity contribution in [3.63, 3.8) is 0 Å². The summed E-state index contributed by atoms with van der Waals surface area (Å²) in [6.45, 7) is 1.64. The first-order chi connectivity index (χ1) is 9.61. The monoisotopic (exact) mass is 277 g/mol. The Bertz CT molecular complexity index is 516. The Kier molecular flexibility index (Phi) is 3.61. The van der Waals surface area contributed by atoms with Crippen LogP contribution in [0.5, 0.6) is 5.75 Å². The van der Waals surface area contributed by atoms with Crippen LogP contribution in [-0.2, 0) is 6.42 Å². The second-order valence-corrected chi connectivity index (χ2v) is 5.70. The third kappa shape index (κ3) is 3.10. The Morgan fingerprint density at radius 3 is 2.95 bits per heavy atom. The van der Waals surface area contributed by atoms with E-state index in [1.54, 1.807) is 12.1 Å². The van der Waals surface area contributed by atoms with Crippen molar-refractivity contribution in [2.45, 2.75) is 37.8 Å². The molecular formula is C15H20FN3O. The van der Waals surface area contributed by atoms with E-state index in [1.165, 1.54) is 18.9 Å². The molecule has 1 aromatic rings. The van der Waals surface area contributed by atoms with Crippen LogP contribution in [-0.4, -0.2) is 36.0 Å². The minimum Gasteiger partial charge on any atom is -0.488 e. The number of ether oxygens (including phenoxy) is 1. The topological polar surface area (TPSA) is 62.3 Å². The van der Waals surface area contributed by atoms with Gasteiger partial charge in [0.2, 0.25) is 0 Å². The summed E-state index contributed by atoms with van der Waals surface area (Å²) in [7, 11) is 0. The lowest BCUT2D eigenvalue weighted by Crippen LogP contribution is -2.38. The maximum Gasteiger partial charge on any atom is 0.123 e. The van der Waals surface area contributed by atoms with E-state index >= 15 is 0 Å². The molecule has 1 aliphatic heterocycles. The minimum atomic E-state index is -0.205. The molecule has 0 spiro atoms. The molecule has 0 aromatic heterocycles. The zero-order valence-electron chi connectivity index (χ0n) is 11.4. The van der Waals surface area contributed by atoms with Crippen molar-refractivity contribution >= 4 is 5.84 Å². The molecule has 2 aliphatic rings. The van der Waals surface area contributed by atoms with Crippen LogP contribution >= 0.6 is 0 Å². The summed E-state index contributed by atoms with van der Waals surface area (Å²) in [5.41, 5.74) is 6.39. The highest BCUT2D eigenvalue weighted by Gasteiger charge is 2.33. The summed E-state index contributed by atoms with van der Waals surface area (Å²) >= 11 is 0. The van der Waals surface area contributed by atoms with Gasteiger partial charge in [-0.3, -0.25) is 10.3 Å². The first-order valence-corrected chi connectivity index (χ1v) is 7.14. The summed E-state index contributed by atoms with van der Waals surface area (Å²) in [4.78, 5) is 2.36. The summed E-state index contributed by atoms with van der Waals surface area (Å²) < 4.78 is 19.1. The predicted molar refractivity (Wildman–Crippen MR) is 75.6 cm³/mol. The Hall–Kier alpha value is -1.62. The van der Waals surface area contributed by atoms with E-state index in [4.69, 9.17) is 15.9 Å². The first kappa shape index (κ1) is 13.4. The van der Waals surface area contributed by atoms with Gasteiger partial charge in [0.25, 0.3) is 0 Å². The van der Waals surface area contributed by atoms with Gasteiger partial charge in [0.1, 0.15) is 17.7 Å². The number of halogens is 1. The van der Waals surface area contributed by atoms with Crippen LogP contribution in [0, 0.1) is 11.2 Å². The number of nitrogens with one attached hydrogen (secondary N) is 1. The molecule has 0 saturated heterocycles. The van der Waals surface area contributed by atoms with Crippen LogP contribution in [0.15, 0.2) is 18.2 Å². The van der Waals surface area contributed by atoms with Crippen LogP contribution in [0.3, 0.4) is 0 Å². The summed E-state index contributed by atoms with van der Waals surface area (Å²) in [6, 6.07) is 5.32. The zero-order chi connectivity index (χ0) is 14.1. The van der Waals surface area contributed by atoms with Gasteiger partial charge in [-0.2, -0.15) is 0 Å². The van der Waals surface area contributed by atoms with E-state index in [1.807, 2.05) is 0 Å². The Morgan fingerprint density at radius 1 is 1.45 bits per heavy atom. The molecule has 1 saturated carbocycles. The van der Waals surface area contributed by atoms with Crippen molar-refractivity contribution in [2.75, 3.05) is 13.1 Å². The Morgan fingerprint density at radius 2 is 2.25 bits per heavy atom. The van der Waals surface area contributed by atoms with E-state index in [0.29, 0.717) is 12.5 Å². The highest BCUT2D eigenvalue weighted by Crippen LogP contribution is 2.32. The van der Waals surface area contributed by atoms with Crippen molar-refractivity contribution < 1.29 is 9.13 Å². The van der Waals surface area contributed by atoms with Crippen molar-refractivity contribution in [3.8, 4) is 5.75 Å². The van der Waals surface area contributed by atoms with Crippen molar-refractivity contribution in [1.29, 1.82) is 5.41 Å². The lowest BCUT2D eigenvalue weighted by atomic mass is 10.1. The molecule has 1 heterocycles. The van der Waals surface area contributed by atoms with Crippen LogP contribution in [0.25, 0.3) is 0 Å². The molecule has 1 fully saturated rings. The summed E-state index contributed by atoms with van der Waals surface area (Å²) in [5, 5.41) is 7.34. The smallest absolute Gasteiger partial charge is 0.123 e. The first-order valence-electron chi connectivity index (χ1n) is 7.14. The zero-order valence-corrected chi connectivity index (χ0v) is 11.4. The van der Waals surface area contributed by atoms with E-state index < -0.39 is 0 Å². The SMILES string of the molecule is N=C(N)CCN(CC1Cc2cc(F)ccc2O1)C1CC1. The number of fused-ring (bicyclic) bond motifs is 1. The molecule has 0 radical (unpaired) electrons. The number of rotatable bonds is 6. The average molecular weight is 277 g/mol. The number of nitrogens with two attached hydrogens (primary N) is 1. The molecule has 1 aromatic carbocycles. The molecule has 0 bridgehead atoms. The number of hydrogen-bond acceptors (Lipinski definition) is 3. The normalized spacial score (nSPS) is 20.8. The number of amidine groups is 1. The molecule has 20 heavy (non-hydrogen) atoms. The van der Waals surface area contributed by atoms with Crippen LogP contribution < -0.4 is 10.5 Å². The molecule has 1 atom stereocenters. The van der Waals surface area contributed by atoms with Gasteiger partial charge in [-0.25, -0.2) is 4.39 Å². The van der Waals surface area contributed by atoms with E-state index in [9.17, 15) is 4.39 Å². The van der Waals surface area contributed by atoms with Crippen molar-refractivity contribution in [2.24, 2.45) is 5.73 Å². The fourth-order valence-corrected chi connectivity index (χ4v) is 2.78. The molecular weight excluding hydrogens is 257 g/mol. The van der Waals surface area contributed by atoms with Crippen molar-refractivity contribution in [3.05, 3.63) is 29.6 Å². The number of nitrogens with zero attached hydrogens (tertiary/aromatic N) is 1. The van der Waals surface area contributed by atoms with Gasteiger partial charge in [-0.15, -0.1) is 0 Å². The van der Waals surface area contributed by atoms with Crippen LogP contribution in [0.2, 0.25) is 0 Å². The quantitative estimate of drug-likeness (QED) is 0.617. The average Bonchev–Trinajstić information content (AvgIpc) is 3.15. The molecule has 0 amide bonds. The van der Waals surface area contributed by atoms with Gasteiger partial charge >= 0.3 is 0 Å². The summed E-state index contributed by atoms with van der Waals surface area (Å²) in [6.07, 6.45) is 3.87. The van der Waals surface area contributed by atoms with Gasteiger partial charge < -0.3 is 10.5 Å². The van der Waals surface area contributed by atoms with Gasteiger partial charge in [-0.05, 0) is 31.0 Å². The fourth-order valence-electron chi connectivity index (χ4n) is 2.78. The molecule has 5 heteroatoms. The van der Waals surface area contributed by atoms with Gasteiger partial charge in [-0.1, -0.05) is 0 Å². The minimum absolute atomic E-state index is 0.0827. The number of hydrogen-bond donors (Lipinski definition) is 2. The highest BCUT2D eigenvalue weighted by atomic mass is 19.1. The van der Waals surface area contributed by atoms with E-state index in [0.717, 1.165) is 30.8 Å². The van der Waals surface area contributed by atoms with Crippen LogP contribution in [0.4, 0.5) is 4.39 Å². The molecule has 1 unspecified atom stereocenters. The summed E-state index contributed by atoms with van der Waals surface area (Å²) in [5.74, 6) is 0.829. The predicted octanol–water partition coefficient (Wildman–Crippen LogP) is 1.92. The maximum atomic E-state index is 13.2. The number of benzene rings is 1. The van der Waals surface area contributed by atoms with Crippen LogP contribution in [0.1, 0.15) is 24.8 Å². The van der Waals surface area contributed by atoms with E-state index in [2.05, 4.69) is 4.90 Å². The van der Waals surface area contributed by atoms with Gasteiger partial charge in [0.15, 0.2) is 0 Å². The van der Waals surface area contributed by atoms with Gasteiger partial charge in [0, 0.05) is 37.5 Å². The second kappa shape index (κ2) is 5.40. The molecule has 3 rings (SSSR count). The maximum absolute atomic E-state index is 13.2. The standard InChI is InChI=1S/C15H20FN3O/c16-11-1-4-14-10(7-11)8-13(20-14)9-19(12-2-3-12)6-5-15(17)18/h1,4,7,12-13H,2-3,5-6,8-9H2,(H3,17,18). The molecule has 1 aliphatic carbocycles. The molecule has 4 nitrogen and oxygen atoms in total. The third-order valence-electron chi connectivity index (χ3n) is 3.93. The lowest BCUT2D eigenvalue weighted by molar-refractivity contribution is 0.147. The lowest BCUT2D eigenvalue weighted by Gasteiger charge is -2.24. The molecule has 108 valence electrons. The largest absolute Gasteiger partial charge is 0.488 e. The second-order valence-electron chi connectivity index (χ2n) is 5.70. The van der Waals surface area contributed by atoms with Gasteiger partial charge in [0.05, 0.1) is 5.84 Å². The Labute approximate surface area is 118 Å². The van der Waals surface area contributed by atoms with E-state index in [-0.39, 0.29) is 17.8 Å². The third-order valence-corrected chi connectivity index (χ3v) is 3.93. The Balaban J connectivity index is 1.59. The van der Waals surface area contributed by atoms with Crippen molar-refractivity contribution in [1.82, 2.24) is 4.90 Å².